The number of amides is 1. The smallest absolute Gasteiger partial charge is 0.226 e. The average Bonchev–Trinajstić information content (AvgIpc) is 3.28. The van der Waals surface area contributed by atoms with Gasteiger partial charge in [-0.1, -0.05) is 30.3 Å². The van der Waals surface area contributed by atoms with Gasteiger partial charge in [0.25, 0.3) is 0 Å². The minimum atomic E-state index is -0.549. The molecule has 1 heterocycles. The van der Waals surface area contributed by atoms with E-state index < -0.39 is 5.60 Å². The van der Waals surface area contributed by atoms with Crippen molar-refractivity contribution in [3.8, 4) is 0 Å². The van der Waals surface area contributed by atoms with Crippen LogP contribution in [0.3, 0.4) is 0 Å². The maximum absolute atomic E-state index is 12.3. The second kappa shape index (κ2) is 3.83. The van der Waals surface area contributed by atoms with Gasteiger partial charge in [0.2, 0.25) is 5.91 Å². The van der Waals surface area contributed by atoms with Crippen LogP contribution in [0.15, 0.2) is 30.3 Å². The highest BCUT2D eigenvalue weighted by Gasteiger charge is 2.56. The van der Waals surface area contributed by atoms with E-state index in [1.165, 1.54) is 5.56 Å². The van der Waals surface area contributed by atoms with E-state index in [2.05, 4.69) is 12.1 Å². The van der Waals surface area contributed by atoms with Crippen molar-refractivity contribution in [1.29, 1.82) is 0 Å². The van der Waals surface area contributed by atoms with Crippen LogP contribution in [0.1, 0.15) is 30.7 Å². The molecule has 2 unspecified atom stereocenters. The molecule has 1 saturated heterocycles. The van der Waals surface area contributed by atoms with Gasteiger partial charge in [0.1, 0.15) is 5.60 Å². The lowest BCUT2D eigenvalue weighted by Gasteiger charge is -2.47. The summed E-state index contributed by atoms with van der Waals surface area (Å²) in [5, 5.41) is 10.3. The van der Waals surface area contributed by atoms with Crippen molar-refractivity contribution in [2.45, 2.75) is 30.8 Å². The van der Waals surface area contributed by atoms with E-state index in [0.29, 0.717) is 24.9 Å². The fourth-order valence-electron chi connectivity index (χ4n) is 3.42. The molecule has 2 atom stereocenters. The molecule has 3 nitrogen and oxygen atoms in total. The summed E-state index contributed by atoms with van der Waals surface area (Å²) >= 11 is 0. The van der Waals surface area contributed by atoms with Crippen molar-refractivity contribution in [1.82, 2.24) is 4.90 Å². The van der Waals surface area contributed by atoms with Crippen LogP contribution >= 0.6 is 0 Å². The maximum atomic E-state index is 12.3. The van der Waals surface area contributed by atoms with Gasteiger partial charge in [0.15, 0.2) is 0 Å². The number of β-amino-alcohol motifs (C(OH)–C–C–N with tert-alkyl or cyclic N) is 1. The van der Waals surface area contributed by atoms with E-state index in [1.807, 2.05) is 23.1 Å². The zero-order valence-corrected chi connectivity index (χ0v) is 11.0. The molecular formula is C16H19NO2. The molecule has 1 aromatic rings. The minimum absolute atomic E-state index is 0.158. The summed E-state index contributed by atoms with van der Waals surface area (Å²) in [4.78, 5) is 14.2. The Bertz CT molecular complexity index is 503. The molecule has 1 N–H and O–H groups in total. The standard InChI is InChI=1S/C16H19NO2/c18-15(17-9-16(19,10-17)12-6-7-12)14-8-13(14)11-4-2-1-3-5-11/h1-5,12-14,19H,6-10H2. The predicted molar refractivity (Wildman–Crippen MR) is 71.5 cm³/mol. The number of benzene rings is 1. The quantitative estimate of drug-likeness (QED) is 0.896. The normalized spacial score (nSPS) is 31.7. The molecule has 3 heteroatoms. The van der Waals surface area contributed by atoms with Gasteiger partial charge in [-0.05, 0) is 36.7 Å². The second-order valence-electron chi connectivity index (χ2n) is 6.43. The molecule has 0 aromatic heterocycles. The molecule has 0 spiro atoms. The first kappa shape index (κ1) is 11.5. The van der Waals surface area contributed by atoms with Gasteiger partial charge >= 0.3 is 0 Å². The SMILES string of the molecule is O=C(C1CC1c1ccccc1)N1CC(O)(C2CC2)C1. The van der Waals surface area contributed by atoms with Crippen LogP contribution in [-0.4, -0.2) is 34.6 Å². The summed E-state index contributed by atoms with van der Waals surface area (Å²) in [5.74, 6) is 1.27. The largest absolute Gasteiger partial charge is 0.386 e. The third kappa shape index (κ3) is 1.88. The van der Waals surface area contributed by atoms with E-state index in [1.54, 1.807) is 0 Å². The summed E-state index contributed by atoms with van der Waals surface area (Å²) in [6, 6.07) is 10.3. The predicted octanol–water partition coefficient (Wildman–Crippen LogP) is 1.77. The monoisotopic (exact) mass is 257 g/mol. The molecule has 1 aliphatic heterocycles. The zero-order chi connectivity index (χ0) is 13.0. The van der Waals surface area contributed by atoms with Crippen LogP contribution in [0.25, 0.3) is 0 Å². The molecule has 2 aliphatic carbocycles. The number of hydrogen-bond donors (Lipinski definition) is 1. The van der Waals surface area contributed by atoms with Crippen molar-refractivity contribution >= 4 is 5.91 Å². The number of nitrogens with zero attached hydrogens (tertiary/aromatic N) is 1. The molecule has 3 aliphatic rings. The van der Waals surface area contributed by atoms with E-state index in [-0.39, 0.29) is 11.8 Å². The Morgan fingerprint density at radius 1 is 1.21 bits per heavy atom. The van der Waals surface area contributed by atoms with E-state index in [4.69, 9.17) is 0 Å². The number of carbonyl (C=O) groups is 1. The number of carbonyl (C=O) groups excluding carboxylic acids is 1. The first-order valence-electron chi connectivity index (χ1n) is 7.23. The lowest BCUT2D eigenvalue weighted by atomic mass is 9.88. The Balaban J connectivity index is 1.36. The van der Waals surface area contributed by atoms with Crippen LogP contribution in [0, 0.1) is 11.8 Å². The van der Waals surface area contributed by atoms with Crippen LogP contribution in [0.5, 0.6) is 0 Å². The highest BCUT2D eigenvalue weighted by molar-refractivity contribution is 5.84. The van der Waals surface area contributed by atoms with Crippen LogP contribution in [0.4, 0.5) is 0 Å². The molecule has 1 amide bonds. The molecule has 2 saturated carbocycles. The lowest BCUT2D eigenvalue weighted by Crippen LogP contribution is -2.65. The first-order valence-corrected chi connectivity index (χ1v) is 7.23. The molecule has 100 valence electrons. The van der Waals surface area contributed by atoms with Gasteiger partial charge < -0.3 is 10.0 Å². The Morgan fingerprint density at radius 2 is 1.89 bits per heavy atom. The van der Waals surface area contributed by atoms with Gasteiger partial charge in [-0.15, -0.1) is 0 Å². The summed E-state index contributed by atoms with van der Waals surface area (Å²) in [6.07, 6.45) is 3.24. The van der Waals surface area contributed by atoms with Crippen molar-refractivity contribution < 1.29 is 9.90 Å². The average molecular weight is 257 g/mol. The Labute approximate surface area is 113 Å². The van der Waals surface area contributed by atoms with Crippen molar-refractivity contribution in [3.63, 3.8) is 0 Å². The lowest BCUT2D eigenvalue weighted by molar-refractivity contribution is -0.160. The Morgan fingerprint density at radius 3 is 2.53 bits per heavy atom. The molecule has 19 heavy (non-hydrogen) atoms. The number of aliphatic hydroxyl groups is 1. The van der Waals surface area contributed by atoms with Crippen molar-refractivity contribution in [2.75, 3.05) is 13.1 Å². The van der Waals surface area contributed by atoms with Gasteiger partial charge in [0, 0.05) is 5.92 Å². The Hall–Kier alpha value is -1.35. The number of hydrogen-bond acceptors (Lipinski definition) is 2. The van der Waals surface area contributed by atoms with Crippen LogP contribution in [0.2, 0.25) is 0 Å². The summed E-state index contributed by atoms with van der Waals surface area (Å²) < 4.78 is 0. The molecule has 4 rings (SSSR count). The van der Waals surface area contributed by atoms with Crippen LogP contribution in [-0.2, 0) is 4.79 Å². The molecule has 1 aromatic carbocycles. The van der Waals surface area contributed by atoms with Crippen LogP contribution < -0.4 is 0 Å². The summed E-state index contributed by atoms with van der Waals surface area (Å²) in [5.41, 5.74) is 0.728. The highest BCUT2D eigenvalue weighted by Crippen LogP contribution is 2.51. The number of rotatable bonds is 3. The van der Waals surface area contributed by atoms with Gasteiger partial charge in [0.05, 0.1) is 13.1 Å². The fraction of sp³-hybridized carbons (Fsp3) is 0.562. The second-order valence-corrected chi connectivity index (χ2v) is 6.43. The minimum Gasteiger partial charge on any atom is -0.386 e. The van der Waals surface area contributed by atoms with Gasteiger partial charge in [-0.25, -0.2) is 0 Å². The third-order valence-electron chi connectivity index (χ3n) is 4.91. The summed E-state index contributed by atoms with van der Waals surface area (Å²) in [6.45, 7) is 1.13. The Kier molecular flexibility index (Phi) is 2.31. The van der Waals surface area contributed by atoms with E-state index >= 15 is 0 Å². The van der Waals surface area contributed by atoms with E-state index in [9.17, 15) is 9.90 Å². The maximum Gasteiger partial charge on any atom is 0.226 e. The highest BCUT2D eigenvalue weighted by atomic mass is 16.3. The van der Waals surface area contributed by atoms with Crippen molar-refractivity contribution in [2.24, 2.45) is 11.8 Å². The molecule has 0 bridgehead atoms. The molecule has 3 fully saturated rings. The van der Waals surface area contributed by atoms with Crippen molar-refractivity contribution in [3.05, 3.63) is 35.9 Å². The summed E-state index contributed by atoms with van der Waals surface area (Å²) in [7, 11) is 0. The van der Waals surface area contributed by atoms with Gasteiger partial charge in [-0.2, -0.15) is 0 Å². The molecular weight excluding hydrogens is 238 g/mol. The molecule has 0 radical (unpaired) electrons. The topological polar surface area (TPSA) is 40.5 Å². The zero-order valence-electron chi connectivity index (χ0n) is 11.0. The number of likely N-dealkylation sites (tertiary alicyclic amines) is 1. The third-order valence-corrected chi connectivity index (χ3v) is 4.91. The van der Waals surface area contributed by atoms with E-state index in [0.717, 1.165) is 19.3 Å². The first-order chi connectivity index (χ1) is 9.17. The fourth-order valence-corrected chi connectivity index (χ4v) is 3.42. The van der Waals surface area contributed by atoms with Gasteiger partial charge in [-0.3, -0.25) is 4.79 Å².